The highest BCUT2D eigenvalue weighted by atomic mass is 16.5. The van der Waals surface area contributed by atoms with Gasteiger partial charge in [-0.25, -0.2) is 0 Å². The summed E-state index contributed by atoms with van der Waals surface area (Å²) >= 11 is 0. The third kappa shape index (κ3) is 2.75. The SMILES string of the molecule is CC(C)c1noc(CCC(=O)N2c3ccccc3CC2C)n1. The number of hydrogen-bond acceptors (Lipinski definition) is 4. The number of rotatable bonds is 4. The summed E-state index contributed by atoms with van der Waals surface area (Å²) in [5.41, 5.74) is 2.27. The highest BCUT2D eigenvalue weighted by Crippen LogP contribution is 2.32. The smallest absolute Gasteiger partial charge is 0.227 e. The third-order valence-electron chi connectivity index (χ3n) is 4.03. The molecule has 1 amide bonds. The Balaban J connectivity index is 1.67. The van der Waals surface area contributed by atoms with Crippen LogP contribution in [0.25, 0.3) is 0 Å². The number of para-hydroxylation sites is 1. The van der Waals surface area contributed by atoms with Gasteiger partial charge >= 0.3 is 0 Å². The zero-order chi connectivity index (χ0) is 15.7. The summed E-state index contributed by atoms with van der Waals surface area (Å²) in [4.78, 5) is 18.8. The maximum absolute atomic E-state index is 12.6. The first kappa shape index (κ1) is 14.8. The zero-order valence-electron chi connectivity index (χ0n) is 13.2. The van der Waals surface area contributed by atoms with Crippen LogP contribution in [0.15, 0.2) is 28.8 Å². The molecule has 0 radical (unpaired) electrons. The number of anilines is 1. The largest absolute Gasteiger partial charge is 0.339 e. The molecule has 0 bridgehead atoms. The average Bonchev–Trinajstić information content (AvgIpc) is 3.08. The lowest BCUT2D eigenvalue weighted by Gasteiger charge is -2.22. The van der Waals surface area contributed by atoms with Gasteiger partial charge in [-0.15, -0.1) is 0 Å². The van der Waals surface area contributed by atoms with Crippen LogP contribution in [-0.2, 0) is 17.6 Å². The van der Waals surface area contributed by atoms with E-state index in [1.165, 1.54) is 5.56 Å². The van der Waals surface area contributed by atoms with Crippen LogP contribution in [0.2, 0.25) is 0 Å². The third-order valence-corrected chi connectivity index (χ3v) is 4.03. The van der Waals surface area contributed by atoms with Crippen molar-refractivity contribution in [2.24, 2.45) is 0 Å². The number of nitrogens with zero attached hydrogens (tertiary/aromatic N) is 3. The Morgan fingerprint density at radius 1 is 1.41 bits per heavy atom. The first-order chi connectivity index (χ1) is 10.6. The molecule has 1 aliphatic heterocycles. The Morgan fingerprint density at radius 2 is 2.18 bits per heavy atom. The Kier molecular flexibility index (Phi) is 3.96. The Bertz CT molecular complexity index is 678. The molecule has 1 atom stereocenters. The van der Waals surface area contributed by atoms with E-state index in [9.17, 15) is 4.79 Å². The van der Waals surface area contributed by atoms with Gasteiger partial charge in [0.1, 0.15) is 0 Å². The Hall–Kier alpha value is -2.17. The predicted molar refractivity (Wildman–Crippen MR) is 83.8 cm³/mol. The van der Waals surface area contributed by atoms with E-state index in [-0.39, 0.29) is 17.9 Å². The van der Waals surface area contributed by atoms with Gasteiger partial charge in [0, 0.05) is 30.5 Å². The van der Waals surface area contributed by atoms with Crippen molar-refractivity contribution in [1.82, 2.24) is 10.1 Å². The molecule has 1 aromatic heterocycles. The summed E-state index contributed by atoms with van der Waals surface area (Å²) in [7, 11) is 0. The molecule has 0 N–H and O–H groups in total. The van der Waals surface area contributed by atoms with Crippen LogP contribution >= 0.6 is 0 Å². The number of carbonyl (C=O) groups is 1. The molecule has 1 aromatic carbocycles. The molecular weight excluding hydrogens is 278 g/mol. The number of benzene rings is 1. The molecule has 0 aliphatic carbocycles. The second kappa shape index (κ2) is 5.91. The molecule has 116 valence electrons. The lowest BCUT2D eigenvalue weighted by atomic mass is 10.1. The van der Waals surface area contributed by atoms with Crippen molar-refractivity contribution in [2.45, 2.75) is 52.0 Å². The van der Waals surface area contributed by atoms with E-state index in [0.29, 0.717) is 24.6 Å². The van der Waals surface area contributed by atoms with Crippen molar-refractivity contribution in [3.63, 3.8) is 0 Å². The minimum atomic E-state index is 0.113. The Morgan fingerprint density at radius 3 is 2.91 bits per heavy atom. The molecule has 3 rings (SSSR count). The van der Waals surface area contributed by atoms with E-state index in [4.69, 9.17) is 4.52 Å². The molecule has 22 heavy (non-hydrogen) atoms. The molecule has 1 aliphatic rings. The van der Waals surface area contributed by atoms with E-state index < -0.39 is 0 Å². The van der Waals surface area contributed by atoms with Gasteiger partial charge in [0.25, 0.3) is 0 Å². The van der Waals surface area contributed by atoms with Crippen molar-refractivity contribution in [2.75, 3.05) is 4.90 Å². The van der Waals surface area contributed by atoms with Gasteiger partial charge in [0.15, 0.2) is 5.82 Å². The second-order valence-corrected chi connectivity index (χ2v) is 6.15. The highest BCUT2D eigenvalue weighted by molar-refractivity contribution is 5.96. The summed E-state index contributed by atoms with van der Waals surface area (Å²) < 4.78 is 5.20. The summed E-state index contributed by atoms with van der Waals surface area (Å²) in [6.07, 6.45) is 1.79. The molecule has 5 heteroatoms. The quantitative estimate of drug-likeness (QED) is 0.870. The van der Waals surface area contributed by atoms with Crippen LogP contribution in [0.3, 0.4) is 0 Å². The minimum Gasteiger partial charge on any atom is -0.339 e. The summed E-state index contributed by atoms with van der Waals surface area (Å²) in [6, 6.07) is 8.31. The van der Waals surface area contributed by atoms with E-state index in [1.807, 2.05) is 36.9 Å². The second-order valence-electron chi connectivity index (χ2n) is 6.15. The predicted octanol–water partition coefficient (Wildman–Crippen LogP) is 3.10. The number of aryl methyl sites for hydroxylation is 1. The van der Waals surface area contributed by atoms with E-state index in [1.54, 1.807) is 0 Å². The molecule has 1 unspecified atom stereocenters. The number of fused-ring (bicyclic) bond motifs is 1. The minimum absolute atomic E-state index is 0.113. The number of carbonyl (C=O) groups excluding carboxylic acids is 1. The summed E-state index contributed by atoms with van der Waals surface area (Å²) in [5.74, 6) is 1.58. The number of amides is 1. The molecule has 0 spiro atoms. The fourth-order valence-electron chi connectivity index (χ4n) is 2.88. The van der Waals surface area contributed by atoms with Gasteiger partial charge in [-0.1, -0.05) is 37.2 Å². The first-order valence-electron chi connectivity index (χ1n) is 7.78. The van der Waals surface area contributed by atoms with E-state index >= 15 is 0 Å². The van der Waals surface area contributed by atoms with Crippen LogP contribution < -0.4 is 4.90 Å². The first-order valence-corrected chi connectivity index (χ1v) is 7.78. The topological polar surface area (TPSA) is 59.2 Å². The van der Waals surface area contributed by atoms with Gasteiger partial charge in [-0.05, 0) is 25.0 Å². The van der Waals surface area contributed by atoms with Crippen LogP contribution in [0, 0.1) is 0 Å². The molecule has 0 saturated carbocycles. The van der Waals surface area contributed by atoms with Crippen molar-refractivity contribution >= 4 is 11.6 Å². The molecule has 2 aromatic rings. The fraction of sp³-hybridized carbons (Fsp3) is 0.471. The number of aromatic nitrogens is 2. The van der Waals surface area contributed by atoms with Crippen LogP contribution in [-0.4, -0.2) is 22.1 Å². The lowest BCUT2D eigenvalue weighted by molar-refractivity contribution is -0.118. The average molecular weight is 299 g/mol. The fourth-order valence-corrected chi connectivity index (χ4v) is 2.88. The zero-order valence-corrected chi connectivity index (χ0v) is 13.2. The van der Waals surface area contributed by atoms with Crippen LogP contribution in [0.4, 0.5) is 5.69 Å². The maximum Gasteiger partial charge on any atom is 0.227 e. The van der Waals surface area contributed by atoms with Crippen LogP contribution in [0.5, 0.6) is 0 Å². The normalized spacial score (nSPS) is 17.1. The van der Waals surface area contributed by atoms with Crippen molar-refractivity contribution in [1.29, 1.82) is 0 Å². The van der Waals surface area contributed by atoms with Crippen molar-refractivity contribution in [3.8, 4) is 0 Å². The Labute approximate surface area is 130 Å². The van der Waals surface area contributed by atoms with Gasteiger partial charge < -0.3 is 9.42 Å². The molecular formula is C17H21N3O2. The lowest BCUT2D eigenvalue weighted by Crippen LogP contribution is -2.35. The van der Waals surface area contributed by atoms with Gasteiger partial charge in [-0.3, -0.25) is 4.79 Å². The van der Waals surface area contributed by atoms with Crippen LogP contribution in [0.1, 0.15) is 50.4 Å². The van der Waals surface area contributed by atoms with Crippen molar-refractivity contribution in [3.05, 3.63) is 41.5 Å². The molecule has 0 fully saturated rings. The van der Waals surface area contributed by atoms with E-state index in [0.717, 1.165) is 12.1 Å². The van der Waals surface area contributed by atoms with Gasteiger partial charge in [0.05, 0.1) is 0 Å². The van der Waals surface area contributed by atoms with E-state index in [2.05, 4.69) is 23.1 Å². The molecule has 2 heterocycles. The van der Waals surface area contributed by atoms with Crippen molar-refractivity contribution < 1.29 is 9.32 Å². The standard InChI is InChI=1S/C17H21N3O2/c1-11(2)17-18-15(22-19-17)8-9-16(21)20-12(3)10-13-6-4-5-7-14(13)20/h4-7,11-12H,8-10H2,1-3H3. The summed E-state index contributed by atoms with van der Waals surface area (Å²) in [5, 5.41) is 3.93. The monoisotopic (exact) mass is 299 g/mol. The highest BCUT2D eigenvalue weighted by Gasteiger charge is 2.30. The van der Waals surface area contributed by atoms with Gasteiger partial charge in [0.2, 0.25) is 11.8 Å². The molecule has 0 saturated heterocycles. The maximum atomic E-state index is 12.6. The molecule has 5 nitrogen and oxygen atoms in total. The summed E-state index contributed by atoms with van der Waals surface area (Å²) in [6.45, 7) is 6.12. The van der Waals surface area contributed by atoms with Gasteiger partial charge in [-0.2, -0.15) is 4.98 Å². The number of hydrogen-bond donors (Lipinski definition) is 0.